The summed E-state index contributed by atoms with van der Waals surface area (Å²) >= 11 is 0. The number of nitro groups is 1. The number of pyridine rings is 1. The molecule has 0 bridgehead atoms. The summed E-state index contributed by atoms with van der Waals surface area (Å²) < 4.78 is 40.6. The largest absolute Gasteiger partial charge is 0.417 e. The molecule has 3 aromatic rings. The molecular weight excluding hydrogens is 375 g/mol. The van der Waals surface area contributed by atoms with E-state index in [0.717, 1.165) is 18.7 Å². The van der Waals surface area contributed by atoms with Gasteiger partial charge >= 0.3 is 6.18 Å². The van der Waals surface area contributed by atoms with Crippen LogP contribution in [0.1, 0.15) is 30.1 Å². The normalized spacial score (nSPS) is 17.8. The zero-order valence-electron chi connectivity index (χ0n) is 14.6. The molecule has 2 aromatic heterocycles. The average Bonchev–Trinajstić information content (AvgIpc) is 3.10. The third-order valence-corrected chi connectivity index (χ3v) is 4.96. The lowest BCUT2D eigenvalue weighted by atomic mass is 9.96. The van der Waals surface area contributed by atoms with Crippen LogP contribution in [0.5, 0.6) is 0 Å². The first-order valence-corrected chi connectivity index (χ1v) is 8.75. The number of anilines is 1. The lowest BCUT2D eigenvalue weighted by Gasteiger charge is -2.33. The van der Waals surface area contributed by atoms with Crippen LogP contribution in [-0.2, 0) is 6.18 Å². The van der Waals surface area contributed by atoms with Gasteiger partial charge in [-0.05, 0) is 31.0 Å². The number of nitro benzene ring substituents is 1. The number of halogens is 3. The Morgan fingerprint density at radius 1 is 1.14 bits per heavy atom. The smallest absolute Gasteiger partial charge is 0.365 e. The van der Waals surface area contributed by atoms with Gasteiger partial charge in [0.15, 0.2) is 5.65 Å². The Hall–Kier alpha value is -3.17. The van der Waals surface area contributed by atoms with Crippen LogP contribution >= 0.6 is 0 Å². The summed E-state index contributed by atoms with van der Waals surface area (Å²) in [6.45, 7) is 1.05. The van der Waals surface area contributed by atoms with Gasteiger partial charge in [0.1, 0.15) is 11.5 Å². The topological polar surface area (TPSA) is 76.6 Å². The highest BCUT2D eigenvalue weighted by Crippen LogP contribution is 2.35. The van der Waals surface area contributed by atoms with E-state index >= 15 is 0 Å². The molecule has 0 saturated carbocycles. The predicted molar refractivity (Wildman–Crippen MR) is 95.3 cm³/mol. The quantitative estimate of drug-likeness (QED) is 0.498. The fraction of sp³-hybridized carbons (Fsp3) is 0.333. The van der Waals surface area contributed by atoms with Crippen LogP contribution in [0.15, 0.2) is 42.6 Å². The number of alkyl halides is 3. The fourth-order valence-corrected chi connectivity index (χ4v) is 3.65. The van der Waals surface area contributed by atoms with Gasteiger partial charge < -0.3 is 4.90 Å². The van der Waals surface area contributed by atoms with E-state index in [9.17, 15) is 23.3 Å². The second-order valence-electron chi connectivity index (χ2n) is 6.73. The highest BCUT2D eigenvalue weighted by Gasteiger charge is 2.33. The van der Waals surface area contributed by atoms with E-state index in [4.69, 9.17) is 0 Å². The van der Waals surface area contributed by atoms with Crippen LogP contribution < -0.4 is 4.90 Å². The lowest BCUT2D eigenvalue weighted by Crippen LogP contribution is -2.35. The van der Waals surface area contributed by atoms with Crippen molar-refractivity contribution in [3.63, 3.8) is 0 Å². The predicted octanol–water partition coefficient (Wildman–Crippen LogP) is 4.04. The molecular formula is C18H16F3N5O2. The van der Waals surface area contributed by atoms with Crippen LogP contribution in [0.3, 0.4) is 0 Å². The Bertz CT molecular complexity index is 1030. The van der Waals surface area contributed by atoms with Crippen LogP contribution in [-0.4, -0.2) is 32.6 Å². The molecule has 10 heteroatoms. The van der Waals surface area contributed by atoms with Gasteiger partial charge in [-0.2, -0.15) is 13.2 Å². The Balaban J connectivity index is 1.68. The van der Waals surface area contributed by atoms with Gasteiger partial charge in [0.2, 0.25) is 0 Å². The van der Waals surface area contributed by atoms with Gasteiger partial charge in [-0.15, -0.1) is 10.2 Å². The number of piperidine rings is 1. The maximum Gasteiger partial charge on any atom is 0.417 e. The van der Waals surface area contributed by atoms with Gasteiger partial charge in [-0.3, -0.25) is 14.5 Å². The van der Waals surface area contributed by atoms with E-state index in [1.165, 1.54) is 16.5 Å². The van der Waals surface area contributed by atoms with Crippen LogP contribution in [0.4, 0.5) is 24.5 Å². The fourth-order valence-electron chi connectivity index (χ4n) is 3.65. The van der Waals surface area contributed by atoms with Gasteiger partial charge in [-0.1, -0.05) is 12.1 Å². The summed E-state index contributed by atoms with van der Waals surface area (Å²) in [4.78, 5) is 12.8. The summed E-state index contributed by atoms with van der Waals surface area (Å²) in [6.07, 6.45) is -1.99. The second-order valence-corrected chi connectivity index (χ2v) is 6.73. The number of nitrogens with zero attached hydrogens (tertiary/aromatic N) is 5. The summed E-state index contributed by atoms with van der Waals surface area (Å²) in [5, 5.41) is 19.4. The Morgan fingerprint density at radius 2 is 1.93 bits per heavy atom. The van der Waals surface area contributed by atoms with Crippen LogP contribution in [0, 0.1) is 10.1 Å². The molecule has 1 saturated heterocycles. The van der Waals surface area contributed by atoms with Gasteiger partial charge in [0.05, 0.1) is 10.5 Å². The highest BCUT2D eigenvalue weighted by atomic mass is 19.4. The van der Waals surface area contributed by atoms with Crippen molar-refractivity contribution >= 4 is 17.0 Å². The lowest BCUT2D eigenvalue weighted by molar-refractivity contribution is -0.384. The van der Waals surface area contributed by atoms with Crippen molar-refractivity contribution in [3.05, 3.63) is 64.1 Å². The maximum atomic E-state index is 13.1. The minimum Gasteiger partial charge on any atom is -0.365 e. The Morgan fingerprint density at radius 3 is 2.68 bits per heavy atom. The van der Waals surface area contributed by atoms with Crippen LogP contribution in [0.2, 0.25) is 0 Å². The molecule has 0 amide bonds. The van der Waals surface area contributed by atoms with Gasteiger partial charge in [0.25, 0.3) is 5.69 Å². The third kappa shape index (κ3) is 3.25. The molecule has 1 unspecified atom stereocenters. The number of para-hydroxylation sites is 2. The number of fused-ring (bicyclic) bond motifs is 1. The number of hydrogen-bond acceptors (Lipinski definition) is 5. The number of rotatable bonds is 3. The van der Waals surface area contributed by atoms with E-state index in [0.29, 0.717) is 36.7 Å². The van der Waals surface area contributed by atoms with Crippen molar-refractivity contribution in [2.24, 2.45) is 0 Å². The molecule has 146 valence electrons. The first kappa shape index (κ1) is 18.2. The molecule has 1 aliphatic rings. The van der Waals surface area contributed by atoms with Gasteiger partial charge in [-0.25, -0.2) is 0 Å². The van der Waals surface area contributed by atoms with E-state index in [-0.39, 0.29) is 11.6 Å². The zero-order chi connectivity index (χ0) is 19.9. The van der Waals surface area contributed by atoms with Gasteiger partial charge in [0, 0.05) is 31.3 Å². The number of hydrogen-bond donors (Lipinski definition) is 0. The van der Waals surface area contributed by atoms with Crippen molar-refractivity contribution in [3.8, 4) is 0 Å². The third-order valence-electron chi connectivity index (χ3n) is 4.96. The SMILES string of the molecule is O=[N+]([O-])c1ccccc1N1CCCC(c2nnc3ccc(C(F)(F)F)cn23)C1. The summed E-state index contributed by atoms with van der Waals surface area (Å²) in [7, 11) is 0. The standard InChI is InChI=1S/C18H16F3N5O2/c19-18(20,21)13-7-8-16-22-23-17(25(16)11-13)12-4-3-9-24(10-12)14-5-1-2-6-15(14)26(27)28/h1-2,5-8,11-12H,3-4,9-10H2. The van der Waals surface area contributed by atoms with E-state index in [1.807, 2.05) is 4.90 Å². The molecule has 3 heterocycles. The molecule has 7 nitrogen and oxygen atoms in total. The zero-order valence-corrected chi connectivity index (χ0v) is 14.6. The molecule has 0 aliphatic carbocycles. The average molecular weight is 391 g/mol. The van der Waals surface area contributed by atoms with E-state index in [1.54, 1.807) is 18.2 Å². The summed E-state index contributed by atoms with van der Waals surface area (Å²) in [6, 6.07) is 8.74. The maximum absolute atomic E-state index is 13.1. The highest BCUT2D eigenvalue weighted by molar-refractivity contribution is 5.63. The van der Waals surface area contributed by atoms with Crippen molar-refractivity contribution in [1.29, 1.82) is 0 Å². The molecule has 0 radical (unpaired) electrons. The molecule has 1 aliphatic heterocycles. The summed E-state index contributed by atoms with van der Waals surface area (Å²) in [5.41, 5.74) is 0.0776. The van der Waals surface area contributed by atoms with Crippen molar-refractivity contribution < 1.29 is 18.1 Å². The van der Waals surface area contributed by atoms with Crippen molar-refractivity contribution in [2.75, 3.05) is 18.0 Å². The molecule has 4 rings (SSSR count). The molecule has 1 atom stereocenters. The van der Waals surface area contributed by atoms with E-state index in [2.05, 4.69) is 10.2 Å². The molecule has 0 N–H and O–H groups in total. The molecule has 1 aromatic carbocycles. The first-order valence-electron chi connectivity index (χ1n) is 8.75. The minimum absolute atomic E-state index is 0.00797. The number of aromatic nitrogens is 3. The Kier molecular flexibility index (Phi) is 4.40. The first-order chi connectivity index (χ1) is 13.3. The van der Waals surface area contributed by atoms with Crippen LogP contribution in [0.25, 0.3) is 5.65 Å². The molecule has 0 spiro atoms. The minimum atomic E-state index is -4.46. The van der Waals surface area contributed by atoms with Crippen molar-refractivity contribution in [2.45, 2.75) is 24.9 Å². The summed E-state index contributed by atoms with van der Waals surface area (Å²) in [5.74, 6) is 0.247. The number of benzene rings is 1. The molecule has 28 heavy (non-hydrogen) atoms. The van der Waals surface area contributed by atoms with Crippen molar-refractivity contribution in [1.82, 2.24) is 14.6 Å². The van der Waals surface area contributed by atoms with E-state index < -0.39 is 16.7 Å². The Labute approximate surface area is 157 Å². The monoisotopic (exact) mass is 391 g/mol. The second kappa shape index (κ2) is 6.77. The molecule has 1 fully saturated rings.